The molecule has 0 unspecified atom stereocenters. The number of para-hydroxylation sites is 2. The lowest BCUT2D eigenvalue weighted by atomic mass is 9.92. The van der Waals surface area contributed by atoms with Crippen LogP contribution in [0.2, 0.25) is 0 Å². The Morgan fingerprint density at radius 1 is 0.340 bits per heavy atom. The quantitative estimate of drug-likeness (QED) is 0.181. The van der Waals surface area contributed by atoms with Gasteiger partial charge in [-0.25, -0.2) is 9.97 Å². The van der Waals surface area contributed by atoms with Gasteiger partial charge in [-0.05, 0) is 70.8 Å². The third-order valence-corrected chi connectivity index (χ3v) is 9.05. The van der Waals surface area contributed by atoms with Gasteiger partial charge in [0, 0.05) is 63.4 Å². The maximum absolute atomic E-state index is 5.18. The number of fused-ring (bicyclic) bond motifs is 2. The average Bonchev–Trinajstić information content (AvgIpc) is 3.21. The second-order valence-electron chi connectivity index (χ2n) is 12.2. The van der Waals surface area contributed by atoms with Gasteiger partial charge < -0.3 is 0 Å². The zero-order valence-electron chi connectivity index (χ0n) is 27.0. The number of nitrogens with zero attached hydrogens (tertiary/aromatic N) is 5. The van der Waals surface area contributed by atoms with E-state index < -0.39 is 0 Å². The summed E-state index contributed by atoms with van der Waals surface area (Å²) in [6.07, 6.45) is 7.28. The highest BCUT2D eigenvalue weighted by molar-refractivity contribution is 5.98. The normalized spacial score (nSPS) is 11.2. The molecule has 0 aliphatic carbocycles. The van der Waals surface area contributed by atoms with Gasteiger partial charge in [-0.1, -0.05) is 103 Å². The molecule has 5 nitrogen and oxygen atoms in total. The molecule has 9 aromatic rings. The molecular weight excluding hydrogens is 611 g/mol. The molecular formula is C45H29N5. The lowest BCUT2D eigenvalue weighted by Gasteiger charge is -2.15. The molecule has 0 saturated carbocycles. The van der Waals surface area contributed by atoms with Crippen LogP contribution >= 0.6 is 0 Å². The molecule has 0 aliphatic rings. The summed E-state index contributed by atoms with van der Waals surface area (Å²) in [4.78, 5) is 24.2. The van der Waals surface area contributed by atoms with Gasteiger partial charge in [0.1, 0.15) is 0 Å². The van der Waals surface area contributed by atoms with Crippen LogP contribution in [0.15, 0.2) is 176 Å². The summed E-state index contributed by atoms with van der Waals surface area (Å²) in [5.74, 6) is 0.614. The first-order valence-corrected chi connectivity index (χ1v) is 16.6. The van der Waals surface area contributed by atoms with E-state index in [0.717, 1.165) is 77.7 Å². The maximum Gasteiger partial charge on any atom is 0.161 e. The van der Waals surface area contributed by atoms with Gasteiger partial charge in [0.15, 0.2) is 5.82 Å². The Hall–Kier alpha value is -6.85. The Labute approximate surface area is 289 Å². The second kappa shape index (κ2) is 12.6. The number of pyridine rings is 3. The first kappa shape index (κ1) is 29.3. The van der Waals surface area contributed by atoms with Gasteiger partial charge in [0.25, 0.3) is 0 Å². The van der Waals surface area contributed by atoms with E-state index in [-0.39, 0.29) is 0 Å². The molecule has 50 heavy (non-hydrogen) atoms. The van der Waals surface area contributed by atoms with Crippen molar-refractivity contribution in [1.29, 1.82) is 0 Å². The van der Waals surface area contributed by atoms with Crippen molar-refractivity contribution in [2.45, 2.75) is 0 Å². The highest BCUT2D eigenvalue weighted by Gasteiger charge is 2.16. The number of hydrogen-bond donors (Lipinski definition) is 0. The van der Waals surface area contributed by atoms with Crippen molar-refractivity contribution in [3.8, 4) is 67.3 Å². The number of benzene rings is 5. The topological polar surface area (TPSA) is 64.5 Å². The van der Waals surface area contributed by atoms with Crippen LogP contribution in [0.1, 0.15) is 0 Å². The van der Waals surface area contributed by atoms with Crippen molar-refractivity contribution in [1.82, 2.24) is 24.9 Å². The van der Waals surface area contributed by atoms with E-state index >= 15 is 0 Å². The fourth-order valence-electron chi connectivity index (χ4n) is 6.59. The highest BCUT2D eigenvalue weighted by Crippen LogP contribution is 2.38. The maximum atomic E-state index is 5.18. The molecule has 5 aromatic carbocycles. The van der Waals surface area contributed by atoms with E-state index in [1.54, 1.807) is 6.20 Å². The minimum absolute atomic E-state index is 0.614. The van der Waals surface area contributed by atoms with Crippen molar-refractivity contribution in [3.05, 3.63) is 176 Å². The van der Waals surface area contributed by atoms with E-state index in [4.69, 9.17) is 19.9 Å². The summed E-state index contributed by atoms with van der Waals surface area (Å²) in [5.41, 5.74) is 12.9. The average molecular weight is 640 g/mol. The van der Waals surface area contributed by atoms with E-state index in [1.165, 1.54) is 5.56 Å². The second-order valence-corrected chi connectivity index (χ2v) is 12.2. The summed E-state index contributed by atoms with van der Waals surface area (Å²) in [7, 11) is 0. The van der Waals surface area contributed by atoms with Gasteiger partial charge in [-0.15, -0.1) is 0 Å². The van der Waals surface area contributed by atoms with Crippen molar-refractivity contribution in [2.24, 2.45) is 0 Å². The Morgan fingerprint density at radius 2 is 0.860 bits per heavy atom. The van der Waals surface area contributed by atoms with Crippen LogP contribution in [0.5, 0.6) is 0 Å². The molecule has 0 N–H and O–H groups in total. The molecule has 0 atom stereocenters. The van der Waals surface area contributed by atoms with Crippen LogP contribution in [0.25, 0.3) is 89.1 Å². The zero-order valence-corrected chi connectivity index (χ0v) is 27.0. The molecule has 0 saturated heterocycles. The van der Waals surface area contributed by atoms with Crippen LogP contribution < -0.4 is 0 Å². The fourth-order valence-corrected chi connectivity index (χ4v) is 6.59. The number of hydrogen-bond acceptors (Lipinski definition) is 5. The van der Waals surface area contributed by atoms with Gasteiger partial charge in [-0.3, -0.25) is 15.0 Å². The third kappa shape index (κ3) is 5.57. The van der Waals surface area contributed by atoms with Crippen LogP contribution in [0.3, 0.4) is 0 Å². The summed E-state index contributed by atoms with van der Waals surface area (Å²) >= 11 is 0. The number of aromatic nitrogens is 5. The molecule has 0 amide bonds. The molecule has 4 heterocycles. The SMILES string of the molecule is c1ccc(-c2ccc(-c3cc(-c4cc(-c5cccc6cccnc56)cc(-c5cccc6cccnc56)c4)nc(-c4cccnc4)n3)cc2)cc1. The molecule has 5 heteroatoms. The van der Waals surface area contributed by atoms with Gasteiger partial charge in [0.2, 0.25) is 0 Å². The predicted octanol–water partition coefficient (Wildman–Crippen LogP) is 11.0. The first-order chi connectivity index (χ1) is 24.8. The van der Waals surface area contributed by atoms with E-state index in [1.807, 2.05) is 48.9 Å². The molecule has 0 fully saturated rings. The summed E-state index contributed by atoms with van der Waals surface area (Å²) in [6.45, 7) is 0. The Morgan fingerprint density at radius 3 is 1.48 bits per heavy atom. The third-order valence-electron chi connectivity index (χ3n) is 9.05. The highest BCUT2D eigenvalue weighted by atomic mass is 14.9. The van der Waals surface area contributed by atoms with Crippen LogP contribution in [-0.4, -0.2) is 24.9 Å². The molecule has 4 aromatic heterocycles. The molecule has 9 rings (SSSR count). The molecule has 0 spiro atoms. The largest absolute Gasteiger partial charge is 0.264 e. The lowest BCUT2D eigenvalue weighted by Crippen LogP contribution is -1.97. The van der Waals surface area contributed by atoms with Crippen molar-refractivity contribution < 1.29 is 0 Å². The molecule has 0 radical (unpaired) electrons. The molecule has 0 aliphatic heterocycles. The first-order valence-electron chi connectivity index (χ1n) is 16.6. The van der Waals surface area contributed by atoms with E-state index in [2.05, 4.69) is 126 Å². The predicted molar refractivity (Wildman–Crippen MR) is 203 cm³/mol. The molecule has 234 valence electrons. The Balaban J connectivity index is 1.27. The van der Waals surface area contributed by atoms with Gasteiger partial charge in [-0.2, -0.15) is 0 Å². The van der Waals surface area contributed by atoms with E-state index in [9.17, 15) is 0 Å². The van der Waals surface area contributed by atoms with Gasteiger partial charge in [0.05, 0.1) is 22.4 Å². The summed E-state index contributed by atoms with van der Waals surface area (Å²) in [6, 6.07) is 52.5. The van der Waals surface area contributed by atoms with Crippen LogP contribution in [0.4, 0.5) is 0 Å². The summed E-state index contributed by atoms with van der Waals surface area (Å²) < 4.78 is 0. The van der Waals surface area contributed by atoms with Crippen LogP contribution in [0, 0.1) is 0 Å². The standard InChI is InChI=1S/C45H29N5/c1-2-9-30(10-3-1)31-18-20-32(21-19-31)41-28-42(50-45(49-41)35-15-6-22-46-29-35)38-26-36(39-16-4-11-33-13-7-23-47-43(33)39)25-37(27-38)40-17-5-12-34-14-8-24-48-44(34)40/h1-29H. The lowest BCUT2D eigenvalue weighted by molar-refractivity contribution is 1.17. The summed E-state index contributed by atoms with van der Waals surface area (Å²) in [5, 5.41) is 2.18. The van der Waals surface area contributed by atoms with Crippen molar-refractivity contribution >= 4 is 21.8 Å². The number of rotatable bonds is 6. The smallest absolute Gasteiger partial charge is 0.161 e. The zero-order chi connectivity index (χ0) is 33.3. The van der Waals surface area contributed by atoms with Crippen molar-refractivity contribution in [2.75, 3.05) is 0 Å². The van der Waals surface area contributed by atoms with Crippen molar-refractivity contribution in [3.63, 3.8) is 0 Å². The Kier molecular flexibility index (Phi) is 7.41. The minimum Gasteiger partial charge on any atom is -0.264 e. The van der Waals surface area contributed by atoms with Crippen LogP contribution in [-0.2, 0) is 0 Å². The Bertz CT molecular complexity index is 2530. The fraction of sp³-hybridized carbons (Fsp3) is 0. The monoisotopic (exact) mass is 639 g/mol. The van der Waals surface area contributed by atoms with E-state index in [0.29, 0.717) is 5.82 Å². The molecule has 0 bridgehead atoms. The van der Waals surface area contributed by atoms with Gasteiger partial charge >= 0.3 is 0 Å². The minimum atomic E-state index is 0.614.